The summed E-state index contributed by atoms with van der Waals surface area (Å²) in [5.74, 6) is 0.948. The van der Waals surface area contributed by atoms with Gasteiger partial charge in [-0.15, -0.1) is 12.4 Å². The highest BCUT2D eigenvalue weighted by atomic mass is 35.5. The van der Waals surface area contributed by atoms with E-state index < -0.39 is 0 Å². The molecule has 0 saturated heterocycles. The summed E-state index contributed by atoms with van der Waals surface area (Å²) in [4.78, 5) is 2.30. The van der Waals surface area contributed by atoms with Gasteiger partial charge in [-0.2, -0.15) is 0 Å². The number of hydrogen-bond donors (Lipinski definition) is 1. The van der Waals surface area contributed by atoms with E-state index in [1.807, 2.05) is 26.1 Å². The van der Waals surface area contributed by atoms with Gasteiger partial charge in [0, 0.05) is 19.6 Å². The Morgan fingerprint density at radius 3 is 2.41 bits per heavy atom. The molecule has 0 atom stereocenters. The first-order valence-corrected chi connectivity index (χ1v) is 5.81. The van der Waals surface area contributed by atoms with Crippen LogP contribution in [0.3, 0.4) is 0 Å². The van der Waals surface area contributed by atoms with E-state index in [9.17, 15) is 0 Å². The molecule has 3 nitrogen and oxygen atoms in total. The SMILES string of the molecule is CCOc1ccc(CN(C)CCNC)cc1.Cl. The highest BCUT2D eigenvalue weighted by Crippen LogP contribution is 2.12. The summed E-state index contributed by atoms with van der Waals surface area (Å²) in [5.41, 5.74) is 1.32. The summed E-state index contributed by atoms with van der Waals surface area (Å²) < 4.78 is 5.41. The van der Waals surface area contributed by atoms with Gasteiger partial charge < -0.3 is 15.0 Å². The van der Waals surface area contributed by atoms with Crippen molar-refractivity contribution < 1.29 is 4.74 Å². The molecule has 1 rings (SSSR count). The number of halogens is 1. The molecule has 0 aromatic heterocycles. The molecule has 0 radical (unpaired) electrons. The van der Waals surface area contributed by atoms with E-state index >= 15 is 0 Å². The Kier molecular flexibility index (Phi) is 8.86. The molecule has 1 aromatic carbocycles. The number of benzene rings is 1. The van der Waals surface area contributed by atoms with Crippen LogP contribution in [0.5, 0.6) is 5.75 Å². The number of nitrogens with one attached hydrogen (secondary N) is 1. The van der Waals surface area contributed by atoms with Crippen molar-refractivity contribution in [2.45, 2.75) is 13.5 Å². The number of rotatable bonds is 7. The van der Waals surface area contributed by atoms with Gasteiger partial charge in [0.15, 0.2) is 0 Å². The van der Waals surface area contributed by atoms with E-state index in [1.165, 1.54) is 5.56 Å². The molecule has 0 unspecified atom stereocenters. The van der Waals surface area contributed by atoms with Crippen molar-refractivity contribution in [2.75, 3.05) is 33.8 Å². The van der Waals surface area contributed by atoms with E-state index in [0.717, 1.165) is 32.0 Å². The molecule has 0 aliphatic heterocycles. The normalized spacial score (nSPS) is 10.1. The second kappa shape index (κ2) is 9.28. The zero-order valence-corrected chi connectivity index (χ0v) is 11.7. The van der Waals surface area contributed by atoms with Crippen molar-refractivity contribution in [2.24, 2.45) is 0 Å². The van der Waals surface area contributed by atoms with E-state index in [2.05, 4.69) is 29.4 Å². The van der Waals surface area contributed by atoms with E-state index in [-0.39, 0.29) is 12.4 Å². The fourth-order valence-electron chi connectivity index (χ4n) is 1.55. The van der Waals surface area contributed by atoms with Crippen LogP contribution in [-0.4, -0.2) is 38.7 Å². The fourth-order valence-corrected chi connectivity index (χ4v) is 1.55. The van der Waals surface area contributed by atoms with Crippen LogP contribution >= 0.6 is 12.4 Å². The number of ether oxygens (including phenoxy) is 1. The van der Waals surface area contributed by atoms with Crippen LogP contribution in [0.4, 0.5) is 0 Å². The number of hydrogen-bond acceptors (Lipinski definition) is 3. The van der Waals surface area contributed by atoms with E-state index in [4.69, 9.17) is 4.74 Å². The van der Waals surface area contributed by atoms with Crippen LogP contribution in [0.2, 0.25) is 0 Å². The minimum atomic E-state index is 0. The smallest absolute Gasteiger partial charge is 0.119 e. The van der Waals surface area contributed by atoms with Gasteiger partial charge in [-0.1, -0.05) is 12.1 Å². The van der Waals surface area contributed by atoms with Crippen molar-refractivity contribution >= 4 is 12.4 Å². The lowest BCUT2D eigenvalue weighted by molar-refractivity contribution is 0.326. The third-order valence-electron chi connectivity index (χ3n) is 2.43. The number of nitrogens with zero attached hydrogens (tertiary/aromatic N) is 1. The van der Waals surface area contributed by atoms with Crippen LogP contribution in [0.1, 0.15) is 12.5 Å². The van der Waals surface area contributed by atoms with Crippen LogP contribution < -0.4 is 10.1 Å². The van der Waals surface area contributed by atoms with E-state index in [1.54, 1.807) is 0 Å². The third-order valence-corrected chi connectivity index (χ3v) is 2.43. The molecule has 1 aromatic rings. The maximum Gasteiger partial charge on any atom is 0.119 e. The van der Waals surface area contributed by atoms with Crippen LogP contribution in [0.25, 0.3) is 0 Å². The molecule has 0 aliphatic rings. The molecule has 0 spiro atoms. The second-order valence-corrected chi connectivity index (χ2v) is 3.92. The highest BCUT2D eigenvalue weighted by Gasteiger charge is 2.00. The van der Waals surface area contributed by atoms with Crippen molar-refractivity contribution in [3.8, 4) is 5.75 Å². The summed E-state index contributed by atoms with van der Waals surface area (Å²) in [6.45, 7) is 5.78. The van der Waals surface area contributed by atoms with Crippen LogP contribution in [0, 0.1) is 0 Å². The molecule has 4 heteroatoms. The standard InChI is InChI=1S/C13H22N2O.ClH/c1-4-16-13-7-5-12(6-8-13)11-15(3)10-9-14-2;/h5-8,14H,4,9-11H2,1-3H3;1H. The lowest BCUT2D eigenvalue weighted by atomic mass is 10.2. The Morgan fingerprint density at radius 2 is 1.88 bits per heavy atom. The van der Waals surface area contributed by atoms with Crippen molar-refractivity contribution in [3.05, 3.63) is 29.8 Å². The van der Waals surface area contributed by atoms with Crippen molar-refractivity contribution in [1.29, 1.82) is 0 Å². The summed E-state index contributed by atoms with van der Waals surface area (Å²) in [6, 6.07) is 8.32. The largest absolute Gasteiger partial charge is 0.494 e. The van der Waals surface area contributed by atoms with Gasteiger partial charge in [0.05, 0.1) is 6.61 Å². The van der Waals surface area contributed by atoms with Gasteiger partial charge >= 0.3 is 0 Å². The first-order valence-electron chi connectivity index (χ1n) is 5.81. The Labute approximate surface area is 111 Å². The monoisotopic (exact) mass is 258 g/mol. The van der Waals surface area contributed by atoms with E-state index in [0.29, 0.717) is 0 Å². The van der Waals surface area contributed by atoms with Crippen LogP contribution in [-0.2, 0) is 6.54 Å². The second-order valence-electron chi connectivity index (χ2n) is 3.92. The first kappa shape index (κ1) is 16.2. The molecule has 17 heavy (non-hydrogen) atoms. The summed E-state index contributed by atoms with van der Waals surface area (Å²) in [5, 5.41) is 3.15. The number of likely N-dealkylation sites (N-methyl/N-ethyl adjacent to an activating group) is 2. The van der Waals surface area contributed by atoms with Gasteiger partial charge in [0.25, 0.3) is 0 Å². The lowest BCUT2D eigenvalue weighted by Gasteiger charge is -2.16. The molecular formula is C13H23ClN2O. The van der Waals surface area contributed by atoms with Crippen LogP contribution in [0.15, 0.2) is 24.3 Å². The maximum absolute atomic E-state index is 5.41. The Balaban J connectivity index is 0.00000256. The molecular weight excluding hydrogens is 236 g/mol. The van der Waals surface area contributed by atoms with Gasteiger partial charge in [-0.25, -0.2) is 0 Å². The molecule has 0 amide bonds. The van der Waals surface area contributed by atoms with Crippen molar-refractivity contribution in [3.63, 3.8) is 0 Å². The average molecular weight is 259 g/mol. The molecule has 0 saturated carbocycles. The van der Waals surface area contributed by atoms with Crippen molar-refractivity contribution in [1.82, 2.24) is 10.2 Å². The van der Waals surface area contributed by atoms with Gasteiger partial charge in [-0.3, -0.25) is 0 Å². The molecule has 0 fully saturated rings. The molecule has 0 heterocycles. The molecule has 0 bridgehead atoms. The first-order chi connectivity index (χ1) is 7.76. The van der Waals surface area contributed by atoms with Gasteiger partial charge in [0.2, 0.25) is 0 Å². The topological polar surface area (TPSA) is 24.5 Å². The zero-order chi connectivity index (χ0) is 11.8. The average Bonchev–Trinajstić information content (AvgIpc) is 2.29. The maximum atomic E-state index is 5.41. The minimum Gasteiger partial charge on any atom is -0.494 e. The molecule has 0 aliphatic carbocycles. The Hall–Kier alpha value is -0.770. The predicted octanol–water partition coefficient (Wildman–Crippen LogP) is 2.16. The lowest BCUT2D eigenvalue weighted by Crippen LogP contribution is -2.26. The van der Waals surface area contributed by atoms with Gasteiger partial charge in [0.1, 0.15) is 5.75 Å². The Bertz CT molecular complexity index is 290. The third kappa shape index (κ3) is 6.51. The molecule has 98 valence electrons. The zero-order valence-electron chi connectivity index (χ0n) is 10.9. The summed E-state index contributed by atoms with van der Waals surface area (Å²) >= 11 is 0. The highest BCUT2D eigenvalue weighted by molar-refractivity contribution is 5.85. The predicted molar refractivity (Wildman–Crippen MR) is 75.1 cm³/mol. The Morgan fingerprint density at radius 1 is 1.24 bits per heavy atom. The quantitative estimate of drug-likeness (QED) is 0.811. The minimum absolute atomic E-state index is 0. The summed E-state index contributed by atoms with van der Waals surface area (Å²) in [6.07, 6.45) is 0. The molecule has 1 N–H and O–H groups in total. The fraction of sp³-hybridized carbons (Fsp3) is 0.538. The summed E-state index contributed by atoms with van der Waals surface area (Å²) in [7, 11) is 4.11. The van der Waals surface area contributed by atoms with Gasteiger partial charge in [-0.05, 0) is 38.7 Å².